The quantitative estimate of drug-likeness (QED) is 0.301. The number of ether oxygens (including phenoxy) is 2. The second kappa shape index (κ2) is 10.5. The molecule has 0 aromatic heterocycles. The average molecular weight is 589 g/mol. The Hall–Kier alpha value is -0.500. The van der Waals surface area contributed by atoms with Crippen LogP contribution in [0.25, 0.3) is 0 Å². The van der Waals surface area contributed by atoms with E-state index in [1.165, 1.54) is 37.7 Å². The number of fused-ring (bicyclic) bond motifs is 7. The van der Waals surface area contributed by atoms with Crippen LogP contribution in [0.3, 0.4) is 0 Å². The molecule has 6 nitrogen and oxygen atoms in total. The van der Waals surface area contributed by atoms with Gasteiger partial charge in [-0.1, -0.05) is 46.8 Å². The van der Waals surface area contributed by atoms with E-state index in [-0.39, 0.29) is 46.2 Å². The van der Waals surface area contributed by atoms with Gasteiger partial charge in [-0.2, -0.15) is 0 Å². The third kappa shape index (κ3) is 4.31. The van der Waals surface area contributed by atoms with Crippen molar-refractivity contribution in [3.05, 3.63) is 12.2 Å². The standard InChI is InChI=1S/C36H60O6/c1-21(2)22-10-15-36(20-41-29-18-24(38)31(40)25(19-37)42-29)17-16-34(6)23(30(22)36)8-9-27-33(5)13-12-28(39)32(3,4)26(33)11-14-35(27,34)7/h22-31,37-40H,1,8-20H2,2-7H3/t22-,23+,24+,25+,26-,27?,28+,29+,30+,31-,33-,34+,35+,36+/m0/s1. The Morgan fingerprint density at radius 3 is 2.29 bits per heavy atom. The van der Waals surface area contributed by atoms with Crippen LogP contribution in [0.15, 0.2) is 12.2 Å². The van der Waals surface area contributed by atoms with Crippen molar-refractivity contribution in [3.8, 4) is 0 Å². The van der Waals surface area contributed by atoms with E-state index in [0.29, 0.717) is 36.2 Å². The number of allylic oxidation sites excluding steroid dienone is 1. The maximum absolute atomic E-state index is 11.0. The van der Waals surface area contributed by atoms with Gasteiger partial charge in [0.1, 0.15) is 12.2 Å². The summed E-state index contributed by atoms with van der Waals surface area (Å²) >= 11 is 0. The van der Waals surface area contributed by atoms with Crippen LogP contribution in [-0.4, -0.2) is 64.3 Å². The van der Waals surface area contributed by atoms with Crippen LogP contribution in [-0.2, 0) is 9.47 Å². The molecule has 6 heteroatoms. The Kier molecular flexibility index (Phi) is 7.89. The summed E-state index contributed by atoms with van der Waals surface area (Å²) in [6.45, 7) is 19.6. The van der Waals surface area contributed by atoms with Crippen LogP contribution in [0.4, 0.5) is 0 Å². The molecule has 5 saturated carbocycles. The first-order valence-electron chi connectivity index (χ1n) is 17.2. The zero-order chi connectivity index (χ0) is 30.5. The highest BCUT2D eigenvalue weighted by Crippen LogP contribution is 2.77. The Bertz CT molecular complexity index is 1040. The van der Waals surface area contributed by atoms with Gasteiger partial charge in [0.05, 0.1) is 25.4 Å². The first-order chi connectivity index (χ1) is 19.6. The van der Waals surface area contributed by atoms with Crippen molar-refractivity contribution >= 4 is 0 Å². The van der Waals surface area contributed by atoms with E-state index in [1.807, 2.05) is 0 Å². The van der Waals surface area contributed by atoms with Crippen molar-refractivity contribution < 1.29 is 29.9 Å². The highest BCUT2D eigenvalue weighted by molar-refractivity contribution is 5.21. The van der Waals surface area contributed by atoms with E-state index in [1.54, 1.807) is 0 Å². The Labute approximate surface area is 254 Å². The summed E-state index contributed by atoms with van der Waals surface area (Å²) in [5, 5.41) is 41.4. The van der Waals surface area contributed by atoms with E-state index in [2.05, 4.69) is 48.1 Å². The topological polar surface area (TPSA) is 99.4 Å². The maximum atomic E-state index is 11.0. The number of hydrogen-bond donors (Lipinski definition) is 4. The molecule has 1 saturated heterocycles. The molecule has 5 aliphatic carbocycles. The molecule has 0 radical (unpaired) electrons. The molecule has 0 aromatic rings. The maximum Gasteiger partial charge on any atom is 0.160 e. The summed E-state index contributed by atoms with van der Waals surface area (Å²) < 4.78 is 12.4. The molecule has 1 unspecified atom stereocenters. The fourth-order valence-corrected chi connectivity index (χ4v) is 13.0. The van der Waals surface area contributed by atoms with Gasteiger partial charge in [-0.25, -0.2) is 0 Å². The first kappa shape index (κ1) is 31.5. The van der Waals surface area contributed by atoms with E-state index >= 15 is 0 Å². The zero-order valence-corrected chi connectivity index (χ0v) is 27.3. The second-order valence-corrected chi connectivity index (χ2v) is 17.3. The minimum atomic E-state index is -1.08. The van der Waals surface area contributed by atoms with Crippen LogP contribution in [0, 0.1) is 56.7 Å². The van der Waals surface area contributed by atoms with Crippen LogP contribution >= 0.6 is 0 Å². The summed E-state index contributed by atoms with van der Waals surface area (Å²) in [6, 6.07) is 0. The Morgan fingerprint density at radius 1 is 0.857 bits per heavy atom. The lowest BCUT2D eigenvalue weighted by Gasteiger charge is -2.73. The number of aliphatic hydroxyl groups excluding tert-OH is 4. The summed E-state index contributed by atoms with van der Waals surface area (Å²) in [7, 11) is 0. The SMILES string of the molecule is C=C(C)[C@@H]1CC[C@]2(CO[C@H]3C[C@@H](O)[C@H](O)[C@@H](CO)O3)CC[C@]3(C)[C@H](CCC4[C@@]5(C)CC[C@@H](O)C(C)(C)[C@@H]5CC[C@]43C)[C@@H]12. The van der Waals surface area contributed by atoms with E-state index in [4.69, 9.17) is 9.47 Å². The molecule has 6 aliphatic rings. The minimum absolute atomic E-state index is 0.0263. The molecule has 4 N–H and O–H groups in total. The predicted octanol–water partition coefficient (Wildman–Crippen LogP) is 5.85. The molecule has 0 bridgehead atoms. The molecular weight excluding hydrogens is 528 g/mol. The van der Waals surface area contributed by atoms with E-state index < -0.39 is 24.6 Å². The normalized spacial score (nSPS) is 55.2. The molecule has 42 heavy (non-hydrogen) atoms. The van der Waals surface area contributed by atoms with Gasteiger partial charge in [-0.15, -0.1) is 0 Å². The largest absolute Gasteiger partial charge is 0.394 e. The van der Waals surface area contributed by atoms with Crippen molar-refractivity contribution in [1.82, 2.24) is 0 Å². The molecule has 1 heterocycles. The summed E-state index contributed by atoms with van der Waals surface area (Å²) in [5.74, 6) is 2.90. The lowest BCUT2D eigenvalue weighted by atomic mass is 9.32. The molecule has 0 aromatic carbocycles. The van der Waals surface area contributed by atoms with Crippen molar-refractivity contribution in [1.29, 1.82) is 0 Å². The smallest absolute Gasteiger partial charge is 0.160 e. The van der Waals surface area contributed by atoms with Crippen molar-refractivity contribution in [2.24, 2.45) is 56.7 Å². The van der Waals surface area contributed by atoms with Crippen LogP contribution in [0.5, 0.6) is 0 Å². The number of hydrogen-bond acceptors (Lipinski definition) is 6. The van der Waals surface area contributed by atoms with Gasteiger partial charge >= 0.3 is 0 Å². The van der Waals surface area contributed by atoms with Gasteiger partial charge in [-0.3, -0.25) is 0 Å². The Balaban J connectivity index is 1.28. The third-order valence-electron chi connectivity index (χ3n) is 15.5. The van der Waals surface area contributed by atoms with Gasteiger partial charge in [0.2, 0.25) is 0 Å². The lowest BCUT2D eigenvalue weighted by molar-refractivity contribution is -0.277. The first-order valence-corrected chi connectivity index (χ1v) is 17.2. The fourth-order valence-electron chi connectivity index (χ4n) is 13.0. The van der Waals surface area contributed by atoms with E-state index in [0.717, 1.165) is 32.1 Å². The molecule has 1 aliphatic heterocycles. The van der Waals surface area contributed by atoms with Gasteiger partial charge < -0.3 is 29.9 Å². The monoisotopic (exact) mass is 588 g/mol. The van der Waals surface area contributed by atoms with Gasteiger partial charge in [-0.05, 0) is 128 Å². The molecule has 0 spiro atoms. The highest BCUT2D eigenvalue weighted by atomic mass is 16.7. The van der Waals surface area contributed by atoms with Gasteiger partial charge in [0.15, 0.2) is 6.29 Å². The zero-order valence-electron chi connectivity index (χ0n) is 27.3. The molecule has 6 rings (SSSR count). The number of rotatable bonds is 5. The molecular formula is C36H60O6. The second-order valence-electron chi connectivity index (χ2n) is 17.3. The summed E-state index contributed by atoms with van der Waals surface area (Å²) in [4.78, 5) is 0. The van der Waals surface area contributed by atoms with Gasteiger partial charge in [0, 0.05) is 6.42 Å². The fraction of sp³-hybridized carbons (Fsp3) is 0.944. The molecule has 240 valence electrons. The summed E-state index contributed by atoms with van der Waals surface area (Å²) in [5.41, 5.74) is 2.15. The van der Waals surface area contributed by atoms with Crippen LogP contribution in [0.2, 0.25) is 0 Å². The van der Waals surface area contributed by atoms with E-state index in [9.17, 15) is 20.4 Å². The molecule has 14 atom stereocenters. The average Bonchev–Trinajstić information content (AvgIpc) is 3.32. The van der Waals surface area contributed by atoms with Crippen LogP contribution in [0.1, 0.15) is 112 Å². The number of aliphatic hydroxyl groups is 4. The highest BCUT2D eigenvalue weighted by Gasteiger charge is 2.71. The van der Waals surface area contributed by atoms with Crippen LogP contribution < -0.4 is 0 Å². The minimum Gasteiger partial charge on any atom is -0.394 e. The summed E-state index contributed by atoms with van der Waals surface area (Å²) in [6.07, 6.45) is 8.33. The van der Waals surface area contributed by atoms with Crippen molar-refractivity contribution in [2.75, 3.05) is 13.2 Å². The Morgan fingerprint density at radius 2 is 1.60 bits per heavy atom. The molecule has 0 amide bonds. The van der Waals surface area contributed by atoms with Gasteiger partial charge in [0.25, 0.3) is 0 Å². The predicted molar refractivity (Wildman–Crippen MR) is 163 cm³/mol. The van der Waals surface area contributed by atoms with Crippen molar-refractivity contribution in [3.63, 3.8) is 0 Å². The molecule has 6 fully saturated rings. The lowest BCUT2D eigenvalue weighted by Crippen LogP contribution is -2.66. The third-order valence-corrected chi connectivity index (χ3v) is 15.5. The van der Waals surface area contributed by atoms with Crippen molar-refractivity contribution in [2.45, 2.75) is 143 Å².